The van der Waals surface area contributed by atoms with Crippen LogP contribution in [0.5, 0.6) is 0 Å². The average molecular weight is 368 g/mol. The van der Waals surface area contributed by atoms with Gasteiger partial charge in [0, 0.05) is 10.6 Å². The van der Waals surface area contributed by atoms with Crippen molar-refractivity contribution < 1.29 is 9.59 Å². The number of carbonyl (C=O) groups is 2. The first-order chi connectivity index (χ1) is 12.5. The van der Waals surface area contributed by atoms with E-state index < -0.39 is 0 Å². The quantitative estimate of drug-likeness (QED) is 0.734. The number of likely N-dealkylation sites (N-methyl/N-ethyl adjacent to an activating group) is 1. The molecular weight excluding hydrogens is 348 g/mol. The molecule has 0 aliphatic heterocycles. The summed E-state index contributed by atoms with van der Waals surface area (Å²) < 4.78 is 0. The number of amides is 2. The second kappa shape index (κ2) is 9.61. The normalized spacial score (nSPS) is 10.2. The molecule has 0 heterocycles. The van der Waals surface area contributed by atoms with E-state index in [0.717, 1.165) is 10.6 Å². The van der Waals surface area contributed by atoms with Gasteiger partial charge < -0.3 is 10.6 Å². The largest absolute Gasteiger partial charge is 0.325 e. The van der Waals surface area contributed by atoms with Gasteiger partial charge in [-0.2, -0.15) is 5.26 Å². The van der Waals surface area contributed by atoms with Gasteiger partial charge in [0.1, 0.15) is 0 Å². The lowest BCUT2D eigenvalue weighted by molar-refractivity contribution is -0.119. The van der Waals surface area contributed by atoms with Crippen LogP contribution in [0.15, 0.2) is 53.4 Å². The summed E-state index contributed by atoms with van der Waals surface area (Å²) in [4.78, 5) is 26.9. The monoisotopic (exact) mass is 368 g/mol. The maximum absolute atomic E-state index is 12.2. The van der Waals surface area contributed by atoms with E-state index in [0.29, 0.717) is 11.3 Å². The Kier molecular flexibility index (Phi) is 7.21. The summed E-state index contributed by atoms with van der Waals surface area (Å²) in [5.74, 6) is -0.408. The third-order valence-corrected chi connectivity index (χ3v) is 4.30. The van der Waals surface area contributed by atoms with Crippen molar-refractivity contribution in [2.45, 2.75) is 4.90 Å². The van der Waals surface area contributed by atoms with E-state index in [1.807, 2.05) is 36.6 Å². The Balaban J connectivity index is 1.83. The van der Waals surface area contributed by atoms with E-state index in [2.05, 4.69) is 10.6 Å². The summed E-state index contributed by atoms with van der Waals surface area (Å²) in [6.07, 6.45) is 1.95. The van der Waals surface area contributed by atoms with Gasteiger partial charge in [-0.1, -0.05) is 12.1 Å². The molecule has 0 spiro atoms. The molecule has 0 saturated heterocycles. The van der Waals surface area contributed by atoms with E-state index >= 15 is 0 Å². The third-order valence-electron chi connectivity index (χ3n) is 3.51. The van der Waals surface area contributed by atoms with Gasteiger partial charge in [0.15, 0.2) is 0 Å². The molecule has 0 aliphatic carbocycles. The van der Waals surface area contributed by atoms with Gasteiger partial charge in [-0.15, -0.1) is 11.8 Å². The Morgan fingerprint density at radius 1 is 1.04 bits per heavy atom. The second-order valence-corrected chi connectivity index (χ2v) is 6.51. The highest BCUT2D eigenvalue weighted by Crippen LogP contribution is 2.24. The van der Waals surface area contributed by atoms with Crippen LogP contribution >= 0.6 is 11.8 Å². The molecule has 7 heteroatoms. The topological polar surface area (TPSA) is 85.2 Å². The molecule has 0 unspecified atom stereocenters. The Morgan fingerprint density at radius 3 is 2.27 bits per heavy atom. The van der Waals surface area contributed by atoms with Gasteiger partial charge in [-0.3, -0.25) is 14.5 Å². The van der Waals surface area contributed by atoms with Crippen molar-refractivity contribution >= 4 is 35.0 Å². The van der Waals surface area contributed by atoms with Crippen LogP contribution in [0.25, 0.3) is 0 Å². The zero-order valence-electron chi connectivity index (χ0n) is 14.7. The van der Waals surface area contributed by atoms with Crippen molar-refractivity contribution in [1.29, 1.82) is 5.26 Å². The van der Waals surface area contributed by atoms with E-state index in [4.69, 9.17) is 5.26 Å². The Bertz CT molecular complexity index is 815. The van der Waals surface area contributed by atoms with Crippen molar-refractivity contribution in [2.75, 3.05) is 37.0 Å². The third kappa shape index (κ3) is 5.92. The number of nitriles is 1. The van der Waals surface area contributed by atoms with Gasteiger partial charge >= 0.3 is 0 Å². The molecule has 6 nitrogen and oxygen atoms in total. The number of nitrogens with one attached hydrogen (secondary N) is 2. The number of rotatable bonds is 7. The maximum Gasteiger partial charge on any atom is 0.238 e. The predicted molar refractivity (Wildman–Crippen MR) is 104 cm³/mol. The summed E-state index contributed by atoms with van der Waals surface area (Å²) >= 11 is 1.56. The summed E-state index contributed by atoms with van der Waals surface area (Å²) in [6, 6.07) is 16.2. The summed E-state index contributed by atoms with van der Waals surface area (Å²) in [5, 5.41) is 14.4. The average Bonchev–Trinajstić information content (AvgIpc) is 2.62. The highest BCUT2D eigenvalue weighted by molar-refractivity contribution is 7.98. The number of thioether (sulfide) groups is 1. The summed E-state index contributed by atoms with van der Waals surface area (Å²) in [5.41, 5.74) is 1.91. The zero-order chi connectivity index (χ0) is 18.9. The lowest BCUT2D eigenvalue weighted by Gasteiger charge is -2.16. The fourth-order valence-electron chi connectivity index (χ4n) is 2.31. The molecule has 2 aromatic rings. The highest BCUT2D eigenvalue weighted by Gasteiger charge is 2.12. The minimum Gasteiger partial charge on any atom is -0.325 e. The second-order valence-electron chi connectivity index (χ2n) is 5.66. The van der Waals surface area contributed by atoms with Gasteiger partial charge in [0.25, 0.3) is 0 Å². The van der Waals surface area contributed by atoms with Crippen LogP contribution in [0.2, 0.25) is 0 Å². The summed E-state index contributed by atoms with van der Waals surface area (Å²) in [7, 11) is 1.71. The van der Waals surface area contributed by atoms with E-state index in [-0.39, 0.29) is 24.9 Å². The molecule has 0 fully saturated rings. The number of benzene rings is 2. The van der Waals surface area contributed by atoms with Crippen LogP contribution in [-0.4, -0.2) is 43.1 Å². The van der Waals surface area contributed by atoms with Crippen molar-refractivity contribution in [3.05, 3.63) is 54.1 Å². The number of nitrogens with zero attached hydrogens (tertiary/aromatic N) is 2. The Morgan fingerprint density at radius 2 is 1.65 bits per heavy atom. The minimum atomic E-state index is -0.227. The molecule has 0 aromatic heterocycles. The molecule has 2 N–H and O–H groups in total. The molecule has 0 bridgehead atoms. The molecule has 0 saturated carbocycles. The van der Waals surface area contributed by atoms with Crippen LogP contribution < -0.4 is 10.6 Å². The first kappa shape index (κ1) is 19.5. The van der Waals surface area contributed by atoms with Crippen LogP contribution in [-0.2, 0) is 9.59 Å². The molecule has 0 atom stereocenters. The highest BCUT2D eigenvalue weighted by atomic mass is 32.2. The van der Waals surface area contributed by atoms with E-state index in [1.165, 1.54) is 0 Å². The fourth-order valence-corrected chi connectivity index (χ4v) is 2.87. The number of para-hydroxylation sites is 1. The number of hydrogen-bond acceptors (Lipinski definition) is 5. The molecule has 0 aliphatic rings. The standard InChI is InChI=1S/C19H20N4O2S/c1-23(12-18(24)21-15-9-7-14(11-20)8-10-15)13-19(25)22-16-5-3-4-6-17(16)26-2/h3-10H,12-13H2,1-2H3,(H,21,24)(H,22,25). The van der Waals surface area contributed by atoms with Crippen LogP contribution in [0.1, 0.15) is 5.56 Å². The lowest BCUT2D eigenvalue weighted by Crippen LogP contribution is -2.36. The molecule has 2 rings (SSSR count). The number of carbonyl (C=O) groups excluding carboxylic acids is 2. The molecule has 0 radical (unpaired) electrons. The van der Waals surface area contributed by atoms with Gasteiger partial charge in [-0.25, -0.2) is 0 Å². The molecule has 2 amide bonds. The van der Waals surface area contributed by atoms with Crippen molar-refractivity contribution in [3.8, 4) is 6.07 Å². The first-order valence-corrected chi connectivity index (χ1v) is 9.15. The zero-order valence-corrected chi connectivity index (χ0v) is 15.5. The predicted octanol–water partition coefficient (Wildman–Crippen LogP) is 2.79. The molecular formula is C19H20N4O2S. The van der Waals surface area contributed by atoms with Gasteiger partial charge in [0.05, 0.1) is 30.4 Å². The smallest absolute Gasteiger partial charge is 0.238 e. The molecule has 134 valence electrons. The van der Waals surface area contributed by atoms with Crippen LogP contribution in [0.3, 0.4) is 0 Å². The fraction of sp³-hybridized carbons (Fsp3) is 0.211. The van der Waals surface area contributed by atoms with Gasteiger partial charge in [-0.05, 0) is 49.7 Å². The summed E-state index contributed by atoms with van der Waals surface area (Å²) in [6.45, 7) is 0.182. The molecule has 26 heavy (non-hydrogen) atoms. The van der Waals surface area contributed by atoms with Crippen molar-refractivity contribution in [1.82, 2.24) is 4.90 Å². The number of hydrogen-bond donors (Lipinski definition) is 2. The maximum atomic E-state index is 12.2. The molecule has 2 aromatic carbocycles. The minimum absolute atomic E-state index is 0.0809. The van der Waals surface area contributed by atoms with Crippen LogP contribution in [0, 0.1) is 11.3 Å². The Labute approximate surface area is 157 Å². The Hall–Kier alpha value is -2.82. The van der Waals surface area contributed by atoms with Crippen molar-refractivity contribution in [3.63, 3.8) is 0 Å². The first-order valence-electron chi connectivity index (χ1n) is 7.93. The lowest BCUT2D eigenvalue weighted by atomic mass is 10.2. The SMILES string of the molecule is CSc1ccccc1NC(=O)CN(C)CC(=O)Nc1ccc(C#N)cc1. The number of anilines is 2. The van der Waals surface area contributed by atoms with Crippen LogP contribution in [0.4, 0.5) is 11.4 Å². The van der Waals surface area contributed by atoms with E-state index in [9.17, 15) is 9.59 Å². The van der Waals surface area contributed by atoms with Crippen molar-refractivity contribution in [2.24, 2.45) is 0 Å². The van der Waals surface area contributed by atoms with E-state index in [1.54, 1.807) is 48.0 Å². The van der Waals surface area contributed by atoms with Gasteiger partial charge in [0.2, 0.25) is 11.8 Å².